The summed E-state index contributed by atoms with van der Waals surface area (Å²) in [5.41, 5.74) is 6.18. The largest absolute Gasteiger partial charge is 0.403 e. The second kappa shape index (κ2) is 7.66. The number of carbonyl (C=O) groups excluding carboxylic acids is 1. The van der Waals surface area contributed by atoms with Gasteiger partial charge in [0.15, 0.2) is 5.78 Å². The normalized spacial score (nSPS) is 45.8. The van der Waals surface area contributed by atoms with Crippen molar-refractivity contribution in [1.82, 2.24) is 5.01 Å². The molecule has 0 radical (unpaired) electrons. The Morgan fingerprint density at radius 3 is 2.54 bits per heavy atom. The highest BCUT2D eigenvalue weighted by Crippen LogP contribution is 2.66. The Labute approximate surface area is 171 Å². The molecule has 0 aromatic rings. The van der Waals surface area contributed by atoms with Gasteiger partial charge in [-0.1, -0.05) is 33.1 Å². The molecule has 0 aromatic heterocycles. The minimum absolute atomic E-state index is 0.168. The van der Waals surface area contributed by atoms with Gasteiger partial charge in [-0.05, 0) is 85.9 Å². The summed E-state index contributed by atoms with van der Waals surface area (Å²) >= 11 is 0. The van der Waals surface area contributed by atoms with Crippen molar-refractivity contribution in [3.63, 3.8) is 0 Å². The summed E-state index contributed by atoms with van der Waals surface area (Å²) in [5.74, 6) is 9.86. The molecule has 0 heterocycles. The van der Waals surface area contributed by atoms with Crippen LogP contribution in [-0.2, 0) is 4.79 Å². The average Bonchev–Trinajstić information content (AvgIpc) is 2.66. The van der Waals surface area contributed by atoms with Gasteiger partial charge in [0, 0.05) is 18.3 Å². The van der Waals surface area contributed by atoms with Crippen LogP contribution in [0.3, 0.4) is 0 Å². The highest BCUT2D eigenvalue weighted by molar-refractivity contribution is 5.84. The van der Waals surface area contributed by atoms with Crippen molar-refractivity contribution in [2.24, 2.45) is 52.0 Å². The summed E-state index contributed by atoms with van der Waals surface area (Å²) in [6.45, 7) is 5.37. The van der Waals surface area contributed by atoms with Crippen molar-refractivity contribution in [3.8, 4) is 0 Å². The van der Waals surface area contributed by atoms with Crippen LogP contribution < -0.4 is 11.6 Å². The van der Waals surface area contributed by atoms with Crippen LogP contribution in [0, 0.1) is 40.4 Å². The van der Waals surface area contributed by atoms with Gasteiger partial charge in [0.2, 0.25) is 0 Å². The monoisotopic (exact) mass is 387 g/mol. The summed E-state index contributed by atoms with van der Waals surface area (Å²) in [5, 5.41) is 1.45. The summed E-state index contributed by atoms with van der Waals surface area (Å²) in [6, 6.07) is 0. The van der Waals surface area contributed by atoms with E-state index in [4.69, 9.17) is 11.6 Å². The Balaban J connectivity index is 1.55. The summed E-state index contributed by atoms with van der Waals surface area (Å²) in [4.78, 5) is 13.2. The third-order valence-electron chi connectivity index (χ3n) is 9.83. The second-order valence-corrected chi connectivity index (χ2v) is 10.9. The van der Waals surface area contributed by atoms with Crippen molar-refractivity contribution >= 4 is 5.78 Å². The van der Waals surface area contributed by atoms with E-state index in [1.54, 1.807) is 6.20 Å². The molecule has 4 nitrogen and oxygen atoms in total. The molecule has 0 aromatic carbocycles. The summed E-state index contributed by atoms with van der Waals surface area (Å²) in [6.07, 6.45) is 17.8. The molecule has 4 fully saturated rings. The highest BCUT2D eigenvalue weighted by atomic mass is 16.1. The van der Waals surface area contributed by atoms with E-state index >= 15 is 0 Å². The van der Waals surface area contributed by atoms with E-state index in [9.17, 15) is 4.79 Å². The second-order valence-electron chi connectivity index (χ2n) is 10.9. The number of hydrogen-bond acceptors (Lipinski definition) is 4. The Morgan fingerprint density at radius 2 is 1.75 bits per heavy atom. The smallest absolute Gasteiger partial charge is 0.157 e. The molecule has 4 aliphatic carbocycles. The quantitative estimate of drug-likeness (QED) is 0.546. The van der Waals surface area contributed by atoms with Gasteiger partial charge in [-0.15, -0.1) is 0 Å². The molecule has 4 N–H and O–H groups in total. The van der Waals surface area contributed by atoms with E-state index in [0.717, 1.165) is 30.1 Å². The molecule has 4 saturated carbocycles. The molecule has 0 saturated heterocycles. The van der Waals surface area contributed by atoms with Gasteiger partial charge in [0.25, 0.3) is 0 Å². The molecular weight excluding hydrogens is 346 g/mol. The lowest BCUT2D eigenvalue weighted by atomic mass is 9.41. The van der Waals surface area contributed by atoms with E-state index in [2.05, 4.69) is 13.8 Å². The van der Waals surface area contributed by atoms with Gasteiger partial charge >= 0.3 is 0 Å². The van der Waals surface area contributed by atoms with E-state index < -0.39 is 0 Å². The fourth-order valence-electron chi connectivity index (χ4n) is 8.47. The number of fused-ring (bicyclic) bond motifs is 5. The van der Waals surface area contributed by atoms with Crippen molar-refractivity contribution in [3.05, 3.63) is 12.4 Å². The minimum atomic E-state index is 0.168. The molecular formula is C24H41N3O. The first-order valence-corrected chi connectivity index (χ1v) is 11.8. The zero-order valence-electron chi connectivity index (χ0n) is 18.0. The van der Waals surface area contributed by atoms with Crippen LogP contribution in [0.15, 0.2) is 12.4 Å². The number of ketones is 1. The average molecular weight is 388 g/mol. The van der Waals surface area contributed by atoms with Crippen LogP contribution in [0.1, 0.15) is 84.5 Å². The number of rotatable bonds is 4. The van der Waals surface area contributed by atoms with Crippen LogP contribution in [0.4, 0.5) is 0 Å². The van der Waals surface area contributed by atoms with E-state index in [0.29, 0.717) is 11.2 Å². The van der Waals surface area contributed by atoms with Crippen LogP contribution in [0.25, 0.3) is 0 Å². The summed E-state index contributed by atoms with van der Waals surface area (Å²) < 4.78 is 0. The van der Waals surface area contributed by atoms with Gasteiger partial charge in [0.1, 0.15) is 0 Å². The number of nitrogens with zero attached hydrogens (tertiary/aromatic N) is 1. The maximum absolute atomic E-state index is 13.2. The molecule has 0 amide bonds. The van der Waals surface area contributed by atoms with Gasteiger partial charge < -0.3 is 10.7 Å². The van der Waals surface area contributed by atoms with E-state index in [1.165, 1.54) is 75.4 Å². The standard InChI is InChI=1S/C24H41N3O/c1-23-12-4-3-6-17(23)9-10-18-19-7-5-8-21(22(28)16-27(26)15-14-25)24(19,2)13-11-20(18)23/h14-15,17-21H,3-13,16,25-26H2,1-2H3/b15-14-/t17?,18-,19?,20?,21+,23-,24-/m0/s1. The molecule has 28 heavy (non-hydrogen) atoms. The molecule has 4 rings (SSSR count). The Kier molecular flexibility index (Phi) is 5.54. The lowest BCUT2D eigenvalue weighted by Crippen LogP contribution is -2.57. The maximum atomic E-state index is 13.2. The molecule has 4 heteroatoms. The van der Waals surface area contributed by atoms with Gasteiger partial charge in [0.05, 0.1) is 6.54 Å². The molecule has 158 valence electrons. The van der Waals surface area contributed by atoms with Crippen LogP contribution in [0.5, 0.6) is 0 Å². The van der Waals surface area contributed by atoms with Crippen LogP contribution in [0.2, 0.25) is 0 Å². The lowest BCUT2D eigenvalue weighted by Gasteiger charge is -2.63. The van der Waals surface area contributed by atoms with Crippen molar-refractivity contribution < 1.29 is 4.79 Å². The number of hydrogen-bond donors (Lipinski definition) is 2. The predicted molar refractivity (Wildman–Crippen MR) is 114 cm³/mol. The highest BCUT2D eigenvalue weighted by Gasteiger charge is 2.59. The van der Waals surface area contributed by atoms with Crippen molar-refractivity contribution in [2.45, 2.75) is 84.5 Å². The Morgan fingerprint density at radius 1 is 0.964 bits per heavy atom. The SMILES string of the molecule is C[C@]12CCCCC1CC[C@@H]1C2CC[C@@]2(C)C1CCC[C@@H]2C(=O)CN(N)/C=C\N. The first-order chi connectivity index (χ1) is 13.4. The molecule has 0 spiro atoms. The fraction of sp³-hybridized carbons (Fsp3) is 0.875. The number of carbonyl (C=O) groups is 1. The number of Topliss-reactive ketones (excluding diaryl/α,β-unsaturated/α-hetero) is 1. The number of hydrazine groups is 1. The van der Waals surface area contributed by atoms with E-state index in [1.807, 2.05) is 0 Å². The van der Waals surface area contributed by atoms with E-state index in [-0.39, 0.29) is 17.9 Å². The zero-order valence-corrected chi connectivity index (χ0v) is 18.0. The fourth-order valence-corrected chi connectivity index (χ4v) is 8.47. The van der Waals surface area contributed by atoms with Gasteiger partial charge in [-0.25, -0.2) is 5.84 Å². The molecule has 4 aliphatic rings. The maximum Gasteiger partial charge on any atom is 0.157 e. The van der Waals surface area contributed by atoms with Crippen molar-refractivity contribution in [2.75, 3.05) is 6.54 Å². The van der Waals surface area contributed by atoms with Gasteiger partial charge in [-0.3, -0.25) is 4.79 Å². The molecule has 0 aliphatic heterocycles. The number of nitrogens with two attached hydrogens (primary N) is 2. The molecule has 7 atom stereocenters. The predicted octanol–water partition coefficient (Wildman–Crippen LogP) is 4.60. The Hall–Kier alpha value is -1.03. The minimum Gasteiger partial charge on any atom is -0.403 e. The Bertz CT molecular complexity index is 619. The molecule has 3 unspecified atom stereocenters. The topological polar surface area (TPSA) is 72.3 Å². The van der Waals surface area contributed by atoms with Crippen LogP contribution in [-0.4, -0.2) is 17.3 Å². The summed E-state index contributed by atoms with van der Waals surface area (Å²) in [7, 11) is 0. The third kappa shape index (κ3) is 3.20. The van der Waals surface area contributed by atoms with Crippen LogP contribution >= 0.6 is 0 Å². The first kappa shape index (κ1) is 20.3. The van der Waals surface area contributed by atoms with Crippen molar-refractivity contribution in [1.29, 1.82) is 0 Å². The molecule has 0 bridgehead atoms. The van der Waals surface area contributed by atoms with Gasteiger partial charge in [-0.2, -0.15) is 0 Å². The third-order valence-corrected chi connectivity index (χ3v) is 9.83. The zero-order chi connectivity index (χ0) is 19.9. The first-order valence-electron chi connectivity index (χ1n) is 11.8. The lowest BCUT2D eigenvalue weighted by molar-refractivity contribution is -0.155.